The van der Waals surface area contributed by atoms with Crippen LogP contribution in [0, 0.1) is 23.2 Å². The smallest absolute Gasteiger partial charge is 0.254 e. The zero-order chi connectivity index (χ0) is 24.8. The molecule has 2 aromatic carbocycles. The number of aromatic amines is 1. The highest BCUT2D eigenvalue weighted by atomic mass is 16.1. The first kappa shape index (κ1) is 26.3. The van der Waals surface area contributed by atoms with E-state index in [0.717, 1.165) is 11.3 Å². The highest BCUT2D eigenvalue weighted by Crippen LogP contribution is 2.27. The molecular weight excluding hydrogens is 422 g/mol. The minimum Gasteiger partial charge on any atom is -0.398 e. The lowest BCUT2D eigenvalue weighted by Crippen LogP contribution is -2.24. The van der Waals surface area contributed by atoms with Gasteiger partial charge in [0.15, 0.2) is 0 Å². The van der Waals surface area contributed by atoms with E-state index in [1.165, 1.54) is 12.8 Å². The van der Waals surface area contributed by atoms with Gasteiger partial charge in [0.05, 0.1) is 17.8 Å². The average molecular weight is 458 g/mol. The van der Waals surface area contributed by atoms with E-state index in [-0.39, 0.29) is 5.91 Å². The van der Waals surface area contributed by atoms with E-state index in [2.05, 4.69) is 27.5 Å². The number of carbonyl (C=O) groups excluding carboxylic acids is 1. The molecule has 6 heteroatoms. The van der Waals surface area contributed by atoms with Crippen molar-refractivity contribution in [3.63, 3.8) is 0 Å². The lowest BCUT2D eigenvalue weighted by molar-refractivity contribution is 0.0959. The fraction of sp³-hybridized carbons (Fsp3) is 0.286. The number of para-hydroxylation sites is 1. The summed E-state index contributed by atoms with van der Waals surface area (Å²) in [7, 11) is 0. The van der Waals surface area contributed by atoms with Crippen LogP contribution in [0.25, 0.3) is 0 Å². The number of amides is 1. The Hall–Kier alpha value is -3.98. The number of aromatic nitrogens is 1. The molecule has 0 atom stereocenters. The third-order valence-corrected chi connectivity index (χ3v) is 4.90. The van der Waals surface area contributed by atoms with Crippen molar-refractivity contribution in [2.24, 2.45) is 5.92 Å². The summed E-state index contributed by atoms with van der Waals surface area (Å²) in [6.07, 6.45) is 6.73. The van der Waals surface area contributed by atoms with Crippen molar-refractivity contribution in [3.05, 3.63) is 78.1 Å². The topological polar surface area (TPSA) is 107 Å². The molecular formula is C28H35N5O. The van der Waals surface area contributed by atoms with Crippen molar-refractivity contribution in [2.75, 3.05) is 17.6 Å². The van der Waals surface area contributed by atoms with E-state index in [1.54, 1.807) is 12.1 Å². The summed E-state index contributed by atoms with van der Waals surface area (Å²) in [5.41, 5.74) is 9.89. The Morgan fingerprint density at radius 2 is 1.79 bits per heavy atom. The number of nitrogens with one attached hydrogen (secondary N) is 4. The summed E-state index contributed by atoms with van der Waals surface area (Å²) in [4.78, 5) is 15.4. The van der Waals surface area contributed by atoms with Gasteiger partial charge in [-0.05, 0) is 61.7 Å². The van der Waals surface area contributed by atoms with Crippen LogP contribution in [-0.2, 0) is 0 Å². The second-order valence-electron chi connectivity index (χ2n) is 7.47. The first-order chi connectivity index (χ1) is 16.6. The van der Waals surface area contributed by atoms with Gasteiger partial charge in [0.1, 0.15) is 0 Å². The van der Waals surface area contributed by atoms with Gasteiger partial charge in [-0.25, -0.2) is 0 Å². The number of benzene rings is 2. The standard InChI is InChI=1S/C22H24N4O.C4H5N.C2H6/c1-2-19(23)17-12-11-16(14-20(17)24)26-21-8-4-3-7-18(21)22(27)25-13-5-6-15-9-10-15;1-2-4-5-3-1;1-2/h3-4,7-8,11-12,14-15,23,26H,2,9-10,13,24H2,1H3,(H,25,27);1-5H;1-2H3. The van der Waals surface area contributed by atoms with Crippen LogP contribution in [0.4, 0.5) is 17.1 Å². The number of rotatable bonds is 6. The summed E-state index contributed by atoms with van der Waals surface area (Å²) in [5.74, 6) is 6.50. The van der Waals surface area contributed by atoms with Crippen LogP contribution >= 0.6 is 0 Å². The number of H-pyrrole nitrogens is 1. The third kappa shape index (κ3) is 8.51. The number of carbonyl (C=O) groups is 1. The van der Waals surface area contributed by atoms with Crippen molar-refractivity contribution in [2.45, 2.75) is 40.0 Å². The summed E-state index contributed by atoms with van der Waals surface area (Å²) in [5, 5.41) is 14.0. The third-order valence-electron chi connectivity index (χ3n) is 4.90. The second kappa shape index (κ2) is 14.2. The monoisotopic (exact) mass is 457 g/mol. The second-order valence-corrected chi connectivity index (χ2v) is 7.47. The minimum atomic E-state index is -0.166. The summed E-state index contributed by atoms with van der Waals surface area (Å²) < 4.78 is 0. The van der Waals surface area contributed by atoms with E-state index in [1.807, 2.05) is 75.6 Å². The van der Waals surface area contributed by atoms with E-state index < -0.39 is 0 Å². The molecule has 0 saturated heterocycles. The van der Waals surface area contributed by atoms with E-state index in [9.17, 15) is 4.79 Å². The molecule has 1 aliphatic carbocycles. The van der Waals surface area contributed by atoms with Gasteiger partial charge in [-0.15, -0.1) is 0 Å². The van der Waals surface area contributed by atoms with E-state index in [4.69, 9.17) is 11.1 Å². The highest BCUT2D eigenvalue weighted by Gasteiger charge is 2.17. The predicted octanol–water partition coefficient (Wildman–Crippen LogP) is 5.97. The quantitative estimate of drug-likeness (QED) is 0.179. The predicted molar refractivity (Wildman–Crippen MR) is 143 cm³/mol. The minimum absolute atomic E-state index is 0.166. The lowest BCUT2D eigenvalue weighted by Gasteiger charge is -2.13. The highest BCUT2D eigenvalue weighted by molar-refractivity contribution is 6.03. The normalized spacial score (nSPS) is 11.4. The molecule has 0 radical (unpaired) electrons. The van der Waals surface area contributed by atoms with Gasteiger partial charge in [-0.3, -0.25) is 4.79 Å². The lowest BCUT2D eigenvalue weighted by atomic mass is 10.1. The molecule has 0 unspecified atom stereocenters. The van der Waals surface area contributed by atoms with Crippen molar-refractivity contribution in [3.8, 4) is 11.8 Å². The van der Waals surface area contributed by atoms with Gasteiger partial charge in [0.25, 0.3) is 5.91 Å². The number of hydrogen-bond donors (Lipinski definition) is 5. The van der Waals surface area contributed by atoms with Crippen LogP contribution in [0.2, 0.25) is 0 Å². The number of anilines is 3. The molecule has 1 aliphatic rings. The van der Waals surface area contributed by atoms with Crippen LogP contribution in [0.1, 0.15) is 56.0 Å². The molecule has 1 aromatic heterocycles. The van der Waals surface area contributed by atoms with Crippen LogP contribution in [-0.4, -0.2) is 23.1 Å². The maximum Gasteiger partial charge on any atom is 0.254 e. The molecule has 1 fully saturated rings. The van der Waals surface area contributed by atoms with E-state index >= 15 is 0 Å². The first-order valence-electron chi connectivity index (χ1n) is 11.8. The molecule has 1 heterocycles. The Balaban J connectivity index is 0.000000507. The van der Waals surface area contributed by atoms with Gasteiger partial charge in [-0.2, -0.15) is 0 Å². The summed E-state index contributed by atoms with van der Waals surface area (Å²) in [6.45, 7) is 6.28. The molecule has 0 bridgehead atoms. The van der Waals surface area contributed by atoms with E-state index in [0.29, 0.717) is 41.5 Å². The molecule has 34 heavy (non-hydrogen) atoms. The maximum atomic E-state index is 12.5. The first-order valence-corrected chi connectivity index (χ1v) is 11.8. The number of hydrogen-bond acceptors (Lipinski definition) is 4. The van der Waals surface area contributed by atoms with Gasteiger partial charge in [0.2, 0.25) is 0 Å². The van der Waals surface area contributed by atoms with Crippen LogP contribution < -0.4 is 16.4 Å². The van der Waals surface area contributed by atoms with Gasteiger partial charge < -0.3 is 26.8 Å². The summed E-state index contributed by atoms with van der Waals surface area (Å²) >= 11 is 0. The fourth-order valence-electron chi connectivity index (χ4n) is 2.97. The molecule has 6 nitrogen and oxygen atoms in total. The van der Waals surface area contributed by atoms with Crippen LogP contribution in [0.3, 0.4) is 0 Å². The Morgan fingerprint density at radius 3 is 2.38 bits per heavy atom. The largest absolute Gasteiger partial charge is 0.398 e. The molecule has 4 rings (SSSR count). The fourth-order valence-corrected chi connectivity index (χ4v) is 2.97. The molecule has 0 spiro atoms. The average Bonchev–Trinajstić information content (AvgIpc) is 3.48. The van der Waals surface area contributed by atoms with Crippen molar-refractivity contribution >= 4 is 28.7 Å². The van der Waals surface area contributed by atoms with Crippen molar-refractivity contribution in [1.29, 1.82) is 5.41 Å². The molecule has 1 amide bonds. The van der Waals surface area contributed by atoms with Gasteiger partial charge in [-0.1, -0.05) is 44.7 Å². The number of nitrogen functional groups attached to an aromatic ring is 1. The van der Waals surface area contributed by atoms with Crippen molar-refractivity contribution in [1.82, 2.24) is 10.3 Å². The van der Waals surface area contributed by atoms with Crippen LogP contribution in [0.5, 0.6) is 0 Å². The molecule has 0 aliphatic heterocycles. The number of nitrogens with two attached hydrogens (primary N) is 1. The van der Waals surface area contributed by atoms with Gasteiger partial charge in [0, 0.05) is 41.0 Å². The Morgan fingerprint density at radius 1 is 1.09 bits per heavy atom. The molecule has 3 aromatic rings. The SMILES string of the molecule is CC.CCC(=N)c1ccc(Nc2ccccc2C(=O)NCC#CC2CC2)cc1N.c1cc[nH]c1. The molecule has 1 saturated carbocycles. The Bertz CT molecular complexity index is 1090. The van der Waals surface area contributed by atoms with Gasteiger partial charge >= 0.3 is 0 Å². The summed E-state index contributed by atoms with van der Waals surface area (Å²) in [6, 6.07) is 16.7. The molecule has 6 N–H and O–H groups in total. The zero-order valence-electron chi connectivity index (χ0n) is 20.2. The molecule has 178 valence electrons. The Labute approximate surface area is 202 Å². The Kier molecular flexibility index (Phi) is 11.0. The van der Waals surface area contributed by atoms with Crippen molar-refractivity contribution < 1.29 is 4.79 Å². The zero-order valence-corrected chi connectivity index (χ0v) is 20.2. The van der Waals surface area contributed by atoms with Crippen LogP contribution in [0.15, 0.2) is 67.0 Å². The maximum absolute atomic E-state index is 12.5.